The van der Waals surface area contributed by atoms with E-state index in [1.165, 1.54) is 4.90 Å². The van der Waals surface area contributed by atoms with Crippen LogP contribution in [0.25, 0.3) is 5.70 Å². The van der Waals surface area contributed by atoms with Gasteiger partial charge in [-0.15, -0.1) is 0 Å². The molecular weight excluding hydrogens is 284 g/mol. The van der Waals surface area contributed by atoms with Gasteiger partial charge < -0.3 is 9.64 Å². The summed E-state index contributed by atoms with van der Waals surface area (Å²) >= 11 is 5.96. The number of allylic oxidation sites excluding steroid dienone is 3. The number of benzene rings is 1. The van der Waals surface area contributed by atoms with Gasteiger partial charge in [-0.25, -0.2) is 8.78 Å². The fraction of sp³-hybridized carbons (Fsp3) is 0.200. The molecule has 0 N–H and O–H groups in total. The van der Waals surface area contributed by atoms with Crippen LogP contribution in [0.4, 0.5) is 8.78 Å². The molecule has 0 radical (unpaired) electrons. The van der Waals surface area contributed by atoms with Crippen LogP contribution < -0.4 is 4.74 Å². The molecule has 0 unspecified atom stereocenters. The summed E-state index contributed by atoms with van der Waals surface area (Å²) in [5.41, 5.74) is 1.82. The van der Waals surface area contributed by atoms with Crippen LogP contribution in [0.2, 0.25) is 0 Å². The Hall–Kier alpha value is -1.81. The van der Waals surface area contributed by atoms with Crippen molar-refractivity contribution in [2.75, 3.05) is 13.7 Å². The molecule has 1 aromatic rings. The number of methoxy groups -OCH3 is 1. The van der Waals surface area contributed by atoms with Gasteiger partial charge in [-0.3, -0.25) is 0 Å². The van der Waals surface area contributed by atoms with Gasteiger partial charge in [0.25, 0.3) is 6.43 Å². The van der Waals surface area contributed by atoms with Crippen LogP contribution in [0.15, 0.2) is 53.7 Å². The average Bonchev–Trinajstić information content (AvgIpc) is 2.44. The predicted octanol–water partition coefficient (Wildman–Crippen LogP) is 4.25. The molecule has 2 nitrogen and oxygen atoms in total. The van der Waals surface area contributed by atoms with Crippen molar-refractivity contribution in [3.63, 3.8) is 0 Å². The van der Waals surface area contributed by atoms with Gasteiger partial charge in [-0.1, -0.05) is 18.2 Å². The third-order valence-electron chi connectivity index (χ3n) is 2.99. The van der Waals surface area contributed by atoms with Gasteiger partial charge in [0.05, 0.1) is 24.4 Å². The average molecular weight is 298 g/mol. The van der Waals surface area contributed by atoms with Gasteiger partial charge >= 0.3 is 0 Å². The molecule has 0 amide bonds. The minimum absolute atomic E-state index is 0.364. The molecule has 0 bridgehead atoms. The molecule has 1 heterocycles. The van der Waals surface area contributed by atoms with E-state index in [1.807, 2.05) is 12.1 Å². The molecular formula is C15H14ClF2NO. The van der Waals surface area contributed by atoms with Crippen molar-refractivity contribution < 1.29 is 13.5 Å². The molecule has 0 aliphatic carbocycles. The lowest BCUT2D eigenvalue weighted by atomic mass is 10.1. The molecule has 1 aromatic carbocycles. The Balaban J connectivity index is 2.36. The van der Waals surface area contributed by atoms with Crippen LogP contribution in [0.1, 0.15) is 5.56 Å². The summed E-state index contributed by atoms with van der Waals surface area (Å²) in [6.07, 6.45) is 0.892. The lowest BCUT2D eigenvalue weighted by molar-refractivity contribution is 0.123. The van der Waals surface area contributed by atoms with Gasteiger partial charge in [0, 0.05) is 5.70 Å². The number of halogens is 3. The zero-order chi connectivity index (χ0) is 14.7. The summed E-state index contributed by atoms with van der Waals surface area (Å²) in [6, 6.07) is 7.17. The molecule has 0 saturated carbocycles. The topological polar surface area (TPSA) is 12.5 Å². The Bertz CT molecular complexity index is 564. The molecule has 5 heteroatoms. The number of hydrogen-bond donors (Lipinski definition) is 0. The monoisotopic (exact) mass is 297 g/mol. The normalized spacial score (nSPS) is 15.2. The van der Waals surface area contributed by atoms with Crippen molar-refractivity contribution >= 4 is 17.3 Å². The van der Waals surface area contributed by atoms with E-state index in [-0.39, 0.29) is 0 Å². The van der Waals surface area contributed by atoms with Crippen molar-refractivity contribution in [2.24, 2.45) is 0 Å². The van der Waals surface area contributed by atoms with Gasteiger partial charge in [0.1, 0.15) is 5.75 Å². The standard InChI is InChI=1S/C15H14ClF2NO/c1-10-13(16)7-8-14(19(10)9-15(17)18)11-3-5-12(20-2)6-4-11/h3-8,15H,1,9H2,2H3. The van der Waals surface area contributed by atoms with Gasteiger partial charge in [-0.2, -0.15) is 0 Å². The van der Waals surface area contributed by atoms with Crippen molar-refractivity contribution in [3.8, 4) is 5.75 Å². The van der Waals surface area contributed by atoms with Gasteiger partial charge in [0.2, 0.25) is 0 Å². The van der Waals surface area contributed by atoms with Crippen LogP contribution in [-0.4, -0.2) is 25.0 Å². The first-order valence-corrected chi connectivity index (χ1v) is 6.37. The summed E-state index contributed by atoms with van der Waals surface area (Å²) < 4.78 is 30.6. The quantitative estimate of drug-likeness (QED) is 0.823. The van der Waals surface area contributed by atoms with E-state index < -0.39 is 13.0 Å². The minimum atomic E-state index is -2.48. The molecule has 0 spiro atoms. The molecule has 0 aromatic heterocycles. The fourth-order valence-electron chi connectivity index (χ4n) is 1.97. The Morgan fingerprint density at radius 3 is 2.45 bits per heavy atom. The van der Waals surface area contributed by atoms with Crippen LogP contribution >= 0.6 is 11.6 Å². The highest BCUT2D eigenvalue weighted by molar-refractivity contribution is 6.32. The summed E-state index contributed by atoms with van der Waals surface area (Å²) in [5.74, 6) is 0.706. The lowest BCUT2D eigenvalue weighted by Crippen LogP contribution is -2.28. The number of ether oxygens (including phenoxy) is 1. The van der Waals surface area contributed by atoms with E-state index in [1.54, 1.807) is 31.4 Å². The van der Waals surface area contributed by atoms with E-state index in [2.05, 4.69) is 6.58 Å². The minimum Gasteiger partial charge on any atom is -0.497 e. The number of rotatable bonds is 4. The van der Waals surface area contributed by atoms with Gasteiger partial charge in [-0.05, 0) is 42.0 Å². The Labute approximate surface area is 121 Å². The number of hydrogen-bond acceptors (Lipinski definition) is 2. The van der Waals surface area contributed by atoms with Gasteiger partial charge in [0.15, 0.2) is 0 Å². The smallest absolute Gasteiger partial charge is 0.256 e. The zero-order valence-electron chi connectivity index (χ0n) is 10.9. The zero-order valence-corrected chi connectivity index (χ0v) is 11.7. The van der Waals surface area contributed by atoms with E-state index in [9.17, 15) is 8.78 Å². The summed E-state index contributed by atoms with van der Waals surface area (Å²) in [4.78, 5) is 1.43. The maximum absolute atomic E-state index is 12.7. The van der Waals surface area contributed by atoms with Crippen LogP contribution in [0.3, 0.4) is 0 Å². The SMILES string of the molecule is C=C1C(Cl)=CC=C(c2ccc(OC)cc2)N1CC(F)F. The molecule has 2 rings (SSSR count). The summed E-state index contributed by atoms with van der Waals surface area (Å²) in [7, 11) is 1.57. The van der Waals surface area contributed by atoms with E-state index in [4.69, 9.17) is 16.3 Å². The number of alkyl halides is 2. The van der Waals surface area contributed by atoms with E-state index in [0.717, 1.165) is 5.56 Å². The first-order valence-electron chi connectivity index (χ1n) is 6.00. The number of nitrogens with zero attached hydrogens (tertiary/aromatic N) is 1. The summed E-state index contributed by atoms with van der Waals surface area (Å²) in [5, 5.41) is 0.364. The second-order valence-electron chi connectivity index (χ2n) is 4.24. The second kappa shape index (κ2) is 6.09. The predicted molar refractivity (Wildman–Crippen MR) is 76.8 cm³/mol. The third kappa shape index (κ3) is 3.02. The summed E-state index contributed by atoms with van der Waals surface area (Å²) in [6.45, 7) is 3.32. The van der Waals surface area contributed by atoms with E-state index in [0.29, 0.717) is 22.2 Å². The molecule has 106 valence electrons. The second-order valence-corrected chi connectivity index (χ2v) is 4.65. The maximum Gasteiger partial charge on any atom is 0.256 e. The highest BCUT2D eigenvalue weighted by Crippen LogP contribution is 2.33. The Morgan fingerprint density at radius 2 is 1.90 bits per heavy atom. The maximum atomic E-state index is 12.7. The molecule has 1 aliphatic heterocycles. The highest BCUT2D eigenvalue weighted by Gasteiger charge is 2.23. The first-order chi connectivity index (χ1) is 9.52. The van der Waals surface area contributed by atoms with Crippen molar-refractivity contribution in [3.05, 3.63) is 59.3 Å². The van der Waals surface area contributed by atoms with Crippen LogP contribution in [0, 0.1) is 0 Å². The van der Waals surface area contributed by atoms with Crippen molar-refractivity contribution in [1.29, 1.82) is 0 Å². The largest absolute Gasteiger partial charge is 0.497 e. The fourth-order valence-corrected chi connectivity index (χ4v) is 2.14. The van der Waals surface area contributed by atoms with E-state index >= 15 is 0 Å². The van der Waals surface area contributed by atoms with Crippen molar-refractivity contribution in [2.45, 2.75) is 6.43 Å². The van der Waals surface area contributed by atoms with Crippen LogP contribution in [-0.2, 0) is 0 Å². The molecule has 0 atom stereocenters. The van der Waals surface area contributed by atoms with Crippen molar-refractivity contribution in [1.82, 2.24) is 4.90 Å². The Morgan fingerprint density at radius 1 is 1.25 bits per heavy atom. The highest BCUT2D eigenvalue weighted by atomic mass is 35.5. The first kappa shape index (κ1) is 14.6. The molecule has 20 heavy (non-hydrogen) atoms. The Kier molecular flexibility index (Phi) is 4.45. The molecule has 0 saturated heterocycles. The third-order valence-corrected chi connectivity index (χ3v) is 3.33. The van der Waals surface area contributed by atoms with Crippen LogP contribution in [0.5, 0.6) is 5.75 Å². The molecule has 1 aliphatic rings. The molecule has 0 fully saturated rings. The lowest BCUT2D eigenvalue weighted by Gasteiger charge is -2.31.